The molecule has 3 aromatic carbocycles. The van der Waals surface area contributed by atoms with Gasteiger partial charge in [0.15, 0.2) is 4.77 Å². The number of methoxy groups -OCH3 is 1. The summed E-state index contributed by atoms with van der Waals surface area (Å²) in [6.07, 6.45) is 0. The first kappa shape index (κ1) is 22.5. The number of hydrogen-bond acceptors (Lipinski definition) is 6. The van der Waals surface area contributed by atoms with E-state index in [0.29, 0.717) is 17.0 Å². The summed E-state index contributed by atoms with van der Waals surface area (Å²) in [6.45, 7) is 1.86. The van der Waals surface area contributed by atoms with Crippen LogP contribution >= 0.6 is 12.2 Å². The summed E-state index contributed by atoms with van der Waals surface area (Å²) in [6, 6.07) is 21.8. The molecular formula is C24H21N3O4S2. The van der Waals surface area contributed by atoms with E-state index >= 15 is 0 Å². The van der Waals surface area contributed by atoms with Gasteiger partial charge in [0.05, 0.1) is 12.0 Å². The van der Waals surface area contributed by atoms with Gasteiger partial charge in [0.2, 0.25) is 5.78 Å². The summed E-state index contributed by atoms with van der Waals surface area (Å²) in [7, 11) is -2.59. The Morgan fingerprint density at radius 3 is 2.21 bits per heavy atom. The molecule has 0 aliphatic carbocycles. The van der Waals surface area contributed by atoms with Crippen LogP contribution in [0.5, 0.6) is 5.75 Å². The van der Waals surface area contributed by atoms with Crippen LogP contribution in [-0.2, 0) is 10.0 Å². The smallest absolute Gasteiger partial charge is 0.270 e. The number of aryl methyl sites for hydroxylation is 1. The van der Waals surface area contributed by atoms with Gasteiger partial charge in [-0.25, -0.2) is 12.4 Å². The van der Waals surface area contributed by atoms with Gasteiger partial charge >= 0.3 is 0 Å². The molecule has 0 amide bonds. The van der Waals surface area contributed by atoms with Crippen LogP contribution in [0.25, 0.3) is 0 Å². The van der Waals surface area contributed by atoms with Crippen LogP contribution in [0.2, 0.25) is 0 Å². The van der Waals surface area contributed by atoms with Crippen molar-refractivity contribution in [2.75, 3.05) is 12.4 Å². The van der Waals surface area contributed by atoms with Crippen LogP contribution in [0, 0.1) is 11.7 Å². The van der Waals surface area contributed by atoms with E-state index in [9.17, 15) is 13.2 Å². The standard InChI is InChI=1S/C24H21N3O4S2/c1-16-8-14-20(15-9-16)33(29,30)27-21(22(28)17-6-4-3-5-7-17)23(26-24(27)32)25-18-10-12-19(31-2)13-11-18/h3-15,25H,1-2H3,(H,26,32). The fraction of sp³-hybridized carbons (Fsp3) is 0.0833. The number of aromatic nitrogens is 2. The van der Waals surface area contributed by atoms with Gasteiger partial charge in [-0.2, -0.15) is 0 Å². The van der Waals surface area contributed by atoms with E-state index in [1.165, 1.54) is 12.1 Å². The molecule has 2 N–H and O–H groups in total. The van der Waals surface area contributed by atoms with E-state index in [-0.39, 0.29) is 21.2 Å². The van der Waals surface area contributed by atoms with Crippen molar-refractivity contribution >= 4 is 39.5 Å². The number of hydrogen-bond donors (Lipinski definition) is 2. The minimum Gasteiger partial charge on any atom is -0.497 e. The molecule has 0 aliphatic rings. The van der Waals surface area contributed by atoms with Crippen LogP contribution < -0.4 is 10.1 Å². The fourth-order valence-electron chi connectivity index (χ4n) is 3.31. The molecule has 0 bridgehead atoms. The van der Waals surface area contributed by atoms with E-state index in [1.54, 1.807) is 73.8 Å². The third kappa shape index (κ3) is 4.46. The number of rotatable bonds is 7. The second-order valence-corrected chi connectivity index (χ2v) is 9.46. The Labute approximate surface area is 196 Å². The first-order valence-corrected chi connectivity index (χ1v) is 11.8. The maximum Gasteiger partial charge on any atom is 0.270 e. The van der Waals surface area contributed by atoms with Crippen LogP contribution in [0.4, 0.5) is 11.5 Å². The molecule has 0 spiro atoms. The van der Waals surface area contributed by atoms with Crippen molar-refractivity contribution in [2.45, 2.75) is 11.8 Å². The molecule has 168 valence electrons. The lowest BCUT2D eigenvalue weighted by Crippen LogP contribution is -2.20. The predicted octanol–water partition coefficient (Wildman–Crippen LogP) is 5.07. The van der Waals surface area contributed by atoms with Crippen molar-refractivity contribution in [2.24, 2.45) is 0 Å². The first-order chi connectivity index (χ1) is 15.8. The van der Waals surface area contributed by atoms with Gasteiger partial charge in [-0.05, 0) is 55.5 Å². The van der Waals surface area contributed by atoms with Gasteiger partial charge in [-0.3, -0.25) is 4.79 Å². The van der Waals surface area contributed by atoms with Crippen LogP contribution in [-0.4, -0.2) is 30.3 Å². The number of aromatic amines is 1. The normalized spacial score (nSPS) is 11.2. The number of benzene rings is 3. The number of H-pyrrole nitrogens is 1. The second kappa shape index (κ2) is 9.05. The van der Waals surface area contributed by atoms with Crippen LogP contribution in [0.3, 0.4) is 0 Å². The highest BCUT2D eigenvalue weighted by Crippen LogP contribution is 2.28. The van der Waals surface area contributed by atoms with Gasteiger partial charge in [0.1, 0.15) is 17.3 Å². The Bertz CT molecular complexity index is 1460. The third-order valence-electron chi connectivity index (χ3n) is 5.03. The molecule has 0 saturated heterocycles. The lowest BCUT2D eigenvalue weighted by molar-refractivity contribution is 0.103. The molecule has 0 aliphatic heterocycles. The monoisotopic (exact) mass is 479 g/mol. The number of carbonyl (C=O) groups is 1. The zero-order valence-electron chi connectivity index (χ0n) is 17.9. The summed E-state index contributed by atoms with van der Waals surface area (Å²) < 4.78 is 33.0. The largest absolute Gasteiger partial charge is 0.497 e. The Morgan fingerprint density at radius 1 is 0.970 bits per heavy atom. The molecule has 0 fully saturated rings. The maximum absolute atomic E-state index is 13.6. The molecule has 0 radical (unpaired) electrons. The molecule has 1 aromatic heterocycles. The SMILES string of the molecule is COc1ccc(Nc2[nH]c(=S)n(S(=O)(=O)c3ccc(C)cc3)c2C(=O)c2ccccc2)cc1. The van der Waals surface area contributed by atoms with E-state index in [4.69, 9.17) is 17.0 Å². The lowest BCUT2D eigenvalue weighted by Gasteiger charge is -2.12. The highest BCUT2D eigenvalue weighted by Gasteiger charge is 2.29. The van der Waals surface area contributed by atoms with E-state index in [0.717, 1.165) is 9.54 Å². The van der Waals surface area contributed by atoms with Gasteiger partial charge in [-0.1, -0.05) is 48.0 Å². The van der Waals surface area contributed by atoms with Crippen molar-refractivity contribution in [1.82, 2.24) is 8.96 Å². The van der Waals surface area contributed by atoms with Crippen molar-refractivity contribution in [3.8, 4) is 5.75 Å². The summed E-state index contributed by atoms with van der Waals surface area (Å²) in [4.78, 5) is 16.4. The van der Waals surface area contributed by atoms with E-state index < -0.39 is 15.8 Å². The molecule has 7 nitrogen and oxygen atoms in total. The summed E-state index contributed by atoms with van der Waals surface area (Å²) in [5, 5.41) is 3.08. The molecule has 9 heteroatoms. The number of ketones is 1. The average Bonchev–Trinajstić information content (AvgIpc) is 3.16. The highest BCUT2D eigenvalue weighted by molar-refractivity contribution is 7.90. The highest BCUT2D eigenvalue weighted by atomic mass is 32.2. The number of nitrogens with one attached hydrogen (secondary N) is 2. The van der Waals surface area contributed by atoms with E-state index in [1.807, 2.05) is 6.92 Å². The molecular weight excluding hydrogens is 458 g/mol. The van der Waals surface area contributed by atoms with Crippen molar-refractivity contribution in [3.05, 3.63) is 100 Å². The summed E-state index contributed by atoms with van der Waals surface area (Å²) >= 11 is 5.38. The molecule has 0 saturated carbocycles. The zero-order valence-corrected chi connectivity index (χ0v) is 19.5. The molecule has 0 unspecified atom stereocenters. The number of anilines is 2. The first-order valence-electron chi connectivity index (χ1n) is 9.99. The molecule has 33 heavy (non-hydrogen) atoms. The second-order valence-electron chi connectivity index (χ2n) is 7.28. The number of carbonyl (C=O) groups excluding carboxylic acids is 1. The average molecular weight is 480 g/mol. The maximum atomic E-state index is 13.6. The Kier molecular flexibility index (Phi) is 6.17. The number of imidazole rings is 1. The minimum atomic E-state index is -4.15. The topological polar surface area (TPSA) is 93.2 Å². The third-order valence-corrected chi connectivity index (χ3v) is 7.14. The van der Waals surface area contributed by atoms with Crippen molar-refractivity contribution < 1.29 is 17.9 Å². The van der Waals surface area contributed by atoms with Crippen molar-refractivity contribution in [3.63, 3.8) is 0 Å². The fourth-order valence-corrected chi connectivity index (χ4v) is 5.16. The molecule has 0 atom stereocenters. The van der Waals surface area contributed by atoms with Crippen LogP contribution in [0.15, 0.2) is 83.8 Å². The molecule has 1 heterocycles. The quantitative estimate of drug-likeness (QED) is 0.284. The van der Waals surface area contributed by atoms with Crippen molar-refractivity contribution in [1.29, 1.82) is 0 Å². The van der Waals surface area contributed by atoms with Gasteiger partial charge < -0.3 is 15.0 Å². The minimum absolute atomic E-state index is 0.0290. The Morgan fingerprint density at radius 2 is 1.61 bits per heavy atom. The lowest BCUT2D eigenvalue weighted by atomic mass is 10.1. The van der Waals surface area contributed by atoms with Gasteiger partial charge in [0, 0.05) is 11.3 Å². The predicted molar refractivity (Wildman–Crippen MR) is 130 cm³/mol. The van der Waals surface area contributed by atoms with Crippen LogP contribution in [0.1, 0.15) is 21.6 Å². The zero-order chi connectivity index (χ0) is 23.6. The molecule has 4 rings (SSSR count). The summed E-state index contributed by atoms with van der Waals surface area (Å²) in [5.74, 6) is 0.345. The summed E-state index contributed by atoms with van der Waals surface area (Å²) in [5.41, 5.74) is 1.75. The van der Waals surface area contributed by atoms with Gasteiger partial charge in [-0.15, -0.1) is 0 Å². The number of ether oxygens (including phenoxy) is 1. The Hall–Kier alpha value is -3.69. The van der Waals surface area contributed by atoms with E-state index in [2.05, 4.69) is 10.3 Å². The van der Waals surface area contributed by atoms with Gasteiger partial charge in [0.25, 0.3) is 10.0 Å². The molecule has 4 aromatic rings. The Balaban J connectivity index is 1.90. The number of nitrogens with zero attached hydrogens (tertiary/aromatic N) is 1.